The van der Waals surface area contributed by atoms with Gasteiger partial charge in [0, 0.05) is 18.9 Å². The summed E-state index contributed by atoms with van der Waals surface area (Å²) < 4.78 is 19.3. The van der Waals surface area contributed by atoms with Crippen molar-refractivity contribution in [2.75, 3.05) is 18.6 Å². The molecule has 0 fully saturated rings. The Morgan fingerprint density at radius 3 is 2.61 bits per heavy atom. The van der Waals surface area contributed by atoms with Crippen molar-refractivity contribution in [3.63, 3.8) is 0 Å². The number of ether oxygens (including phenoxy) is 1. The molecule has 0 spiro atoms. The molecule has 2 aromatic carbocycles. The molecule has 3 aromatic rings. The number of rotatable bonds is 5. The Kier molecular flexibility index (Phi) is 5.86. The van der Waals surface area contributed by atoms with Crippen LogP contribution in [0.2, 0.25) is 5.02 Å². The van der Waals surface area contributed by atoms with Gasteiger partial charge in [-0.25, -0.2) is 9.18 Å². The van der Waals surface area contributed by atoms with Crippen LogP contribution in [0.15, 0.2) is 36.4 Å². The Morgan fingerprint density at radius 1 is 1.25 bits per heavy atom. The molecule has 0 unspecified atom stereocenters. The molecule has 0 saturated carbocycles. The molecule has 1 aromatic heterocycles. The van der Waals surface area contributed by atoms with Gasteiger partial charge < -0.3 is 14.7 Å². The molecule has 1 amide bonds. The van der Waals surface area contributed by atoms with Crippen molar-refractivity contribution in [3.8, 4) is 5.75 Å². The molecule has 0 aliphatic carbocycles. The van der Waals surface area contributed by atoms with Gasteiger partial charge in [0.05, 0.1) is 11.8 Å². The van der Waals surface area contributed by atoms with E-state index in [2.05, 4.69) is 0 Å². The summed E-state index contributed by atoms with van der Waals surface area (Å²) in [5.74, 6) is -1.42. The van der Waals surface area contributed by atoms with Crippen LogP contribution >= 0.6 is 22.9 Å². The number of aromatic hydroxyl groups is 1. The molecular formula is C20H17ClFNO4S. The van der Waals surface area contributed by atoms with E-state index in [0.717, 1.165) is 11.3 Å². The molecule has 0 radical (unpaired) electrons. The third-order valence-corrected chi connectivity index (χ3v) is 6.08. The maximum atomic E-state index is 14.0. The van der Waals surface area contributed by atoms with Gasteiger partial charge in [-0.1, -0.05) is 29.8 Å². The van der Waals surface area contributed by atoms with Crippen LogP contribution in [0.1, 0.15) is 22.8 Å². The van der Waals surface area contributed by atoms with E-state index in [1.54, 1.807) is 24.3 Å². The van der Waals surface area contributed by atoms with Gasteiger partial charge in [-0.05, 0) is 30.2 Å². The monoisotopic (exact) mass is 421 g/mol. The molecule has 1 heterocycles. The number of carbonyl (C=O) groups excluding carboxylic acids is 2. The first-order chi connectivity index (χ1) is 13.3. The number of phenols is 1. The Labute approximate surface area is 169 Å². The maximum Gasteiger partial charge on any atom is 0.341 e. The quantitative estimate of drug-likeness (QED) is 0.602. The first kappa shape index (κ1) is 20.1. The SMILES string of the molecule is COC(=O)c1c(N(CCc2ccccc2F)C(C)=O)sc2c(Cl)c(O)ccc12. The Hall–Kier alpha value is -2.64. The Bertz CT molecular complexity index is 1070. The maximum absolute atomic E-state index is 14.0. The van der Waals surface area contributed by atoms with Crippen LogP contribution in [-0.2, 0) is 16.0 Å². The average Bonchev–Trinajstić information content (AvgIpc) is 3.05. The highest BCUT2D eigenvalue weighted by atomic mass is 35.5. The van der Waals surface area contributed by atoms with Crippen molar-refractivity contribution in [2.24, 2.45) is 0 Å². The number of phenolic OH excluding ortho intramolecular Hbond substituents is 1. The summed E-state index contributed by atoms with van der Waals surface area (Å²) >= 11 is 7.30. The van der Waals surface area contributed by atoms with Crippen molar-refractivity contribution in [1.82, 2.24) is 0 Å². The van der Waals surface area contributed by atoms with Gasteiger partial charge in [0.15, 0.2) is 0 Å². The van der Waals surface area contributed by atoms with Gasteiger partial charge in [0.2, 0.25) is 5.91 Å². The number of hydrogen-bond donors (Lipinski definition) is 1. The Morgan fingerprint density at radius 2 is 1.96 bits per heavy atom. The highest BCUT2D eigenvalue weighted by Gasteiger charge is 2.27. The minimum atomic E-state index is -0.625. The second kappa shape index (κ2) is 8.16. The molecule has 0 bridgehead atoms. The van der Waals surface area contributed by atoms with Gasteiger partial charge >= 0.3 is 5.97 Å². The number of fused-ring (bicyclic) bond motifs is 1. The van der Waals surface area contributed by atoms with Crippen LogP contribution in [0.5, 0.6) is 5.75 Å². The van der Waals surface area contributed by atoms with Crippen LogP contribution in [0.3, 0.4) is 0 Å². The summed E-state index contributed by atoms with van der Waals surface area (Å²) in [5, 5.41) is 10.8. The summed E-state index contributed by atoms with van der Waals surface area (Å²) in [5.41, 5.74) is 0.651. The van der Waals surface area contributed by atoms with Crippen LogP contribution in [0.25, 0.3) is 10.1 Å². The first-order valence-electron chi connectivity index (χ1n) is 8.39. The van der Waals surface area contributed by atoms with Gasteiger partial charge in [-0.15, -0.1) is 11.3 Å². The number of benzene rings is 2. The standard InChI is InChI=1S/C20H17ClFNO4S/c1-11(24)23(10-9-12-5-3-4-6-14(12)22)19-16(20(26)27-2)13-7-8-15(25)17(21)18(13)28-19/h3-8,25H,9-10H2,1-2H3. The van der Waals surface area contributed by atoms with Gasteiger partial charge in [0.25, 0.3) is 0 Å². The average molecular weight is 422 g/mol. The lowest BCUT2D eigenvalue weighted by Crippen LogP contribution is -2.31. The van der Waals surface area contributed by atoms with Gasteiger partial charge in [-0.3, -0.25) is 4.79 Å². The number of hydrogen-bond acceptors (Lipinski definition) is 5. The molecule has 0 aliphatic rings. The van der Waals surface area contributed by atoms with Crippen LogP contribution in [0, 0.1) is 5.82 Å². The normalized spacial score (nSPS) is 10.9. The van der Waals surface area contributed by atoms with E-state index in [9.17, 15) is 19.1 Å². The number of nitrogens with zero attached hydrogens (tertiary/aromatic N) is 1. The smallest absolute Gasteiger partial charge is 0.341 e. The fraction of sp³-hybridized carbons (Fsp3) is 0.200. The van der Waals surface area contributed by atoms with Crippen molar-refractivity contribution in [2.45, 2.75) is 13.3 Å². The lowest BCUT2D eigenvalue weighted by molar-refractivity contribution is -0.116. The van der Waals surface area contributed by atoms with E-state index in [-0.39, 0.29) is 41.0 Å². The molecule has 0 saturated heterocycles. The molecule has 0 aliphatic heterocycles. The van der Waals surface area contributed by atoms with E-state index in [0.29, 0.717) is 20.7 Å². The second-order valence-electron chi connectivity index (χ2n) is 6.06. The highest BCUT2D eigenvalue weighted by Crippen LogP contribution is 2.44. The number of amides is 1. The summed E-state index contributed by atoms with van der Waals surface area (Å²) in [4.78, 5) is 26.2. The highest BCUT2D eigenvalue weighted by molar-refractivity contribution is 7.24. The van der Waals surface area contributed by atoms with E-state index in [1.807, 2.05) is 0 Å². The molecular weight excluding hydrogens is 405 g/mol. The van der Waals surface area contributed by atoms with E-state index >= 15 is 0 Å². The predicted molar refractivity (Wildman–Crippen MR) is 108 cm³/mol. The molecule has 146 valence electrons. The lowest BCUT2D eigenvalue weighted by Gasteiger charge is -2.21. The van der Waals surface area contributed by atoms with Crippen LogP contribution in [-0.4, -0.2) is 30.6 Å². The first-order valence-corrected chi connectivity index (χ1v) is 9.58. The summed E-state index contributed by atoms with van der Waals surface area (Å²) in [6.45, 7) is 1.53. The number of esters is 1. The van der Waals surface area contributed by atoms with Gasteiger partial charge in [0.1, 0.15) is 27.2 Å². The third-order valence-electron chi connectivity index (χ3n) is 4.34. The van der Waals surface area contributed by atoms with Crippen molar-refractivity contribution < 1.29 is 23.8 Å². The molecule has 1 N–H and O–H groups in total. The summed E-state index contributed by atoms with van der Waals surface area (Å²) in [6, 6.07) is 9.25. The van der Waals surface area contributed by atoms with Crippen molar-refractivity contribution in [3.05, 3.63) is 58.4 Å². The summed E-state index contributed by atoms with van der Waals surface area (Å²) in [6.07, 6.45) is 0.264. The summed E-state index contributed by atoms with van der Waals surface area (Å²) in [7, 11) is 1.25. The van der Waals surface area contributed by atoms with E-state index in [4.69, 9.17) is 16.3 Å². The van der Waals surface area contributed by atoms with Crippen LogP contribution in [0.4, 0.5) is 9.39 Å². The minimum Gasteiger partial charge on any atom is -0.506 e. The van der Waals surface area contributed by atoms with Crippen molar-refractivity contribution in [1.29, 1.82) is 0 Å². The van der Waals surface area contributed by atoms with Gasteiger partial charge in [-0.2, -0.15) is 0 Å². The minimum absolute atomic E-state index is 0.0940. The van der Waals surface area contributed by atoms with Crippen LogP contribution < -0.4 is 4.90 Å². The fourth-order valence-corrected chi connectivity index (χ4v) is 4.50. The largest absolute Gasteiger partial charge is 0.506 e. The van der Waals surface area contributed by atoms with E-state index < -0.39 is 5.97 Å². The number of anilines is 1. The zero-order valence-electron chi connectivity index (χ0n) is 15.2. The van der Waals surface area contributed by atoms with E-state index in [1.165, 1.54) is 31.1 Å². The molecule has 8 heteroatoms. The number of halogens is 2. The molecule has 0 atom stereocenters. The third kappa shape index (κ3) is 3.68. The number of methoxy groups -OCH3 is 1. The predicted octanol–water partition coefficient (Wildman–Crippen LogP) is 4.78. The Balaban J connectivity index is 2.09. The second-order valence-corrected chi connectivity index (χ2v) is 7.44. The topological polar surface area (TPSA) is 66.8 Å². The van der Waals surface area contributed by atoms with Crippen molar-refractivity contribution >= 4 is 49.9 Å². The zero-order chi connectivity index (χ0) is 20.4. The molecule has 3 rings (SSSR count). The number of thiophene rings is 1. The fourth-order valence-electron chi connectivity index (χ4n) is 2.93. The number of carbonyl (C=O) groups is 2. The molecule has 5 nitrogen and oxygen atoms in total. The zero-order valence-corrected chi connectivity index (χ0v) is 16.7. The lowest BCUT2D eigenvalue weighted by atomic mass is 10.1. The molecule has 28 heavy (non-hydrogen) atoms.